The van der Waals surface area contributed by atoms with Crippen molar-refractivity contribution in [3.05, 3.63) is 60.8 Å². The summed E-state index contributed by atoms with van der Waals surface area (Å²) >= 11 is 1.43. The van der Waals surface area contributed by atoms with Crippen molar-refractivity contribution in [1.82, 2.24) is 9.55 Å². The first-order valence-corrected chi connectivity index (χ1v) is 8.45. The highest BCUT2D eigenvalue weighted by Crippen LogP contribution is 2.34. The lowest BCUT2D eigenvalue weighted by atomic mass is 10.1. The predicted octanol–water partition coefficient (Wildman–Crippen LogP) is 4.55. The van der Waals surface area contributed by atoms with Crippen molar-refractivity contribution in [2.75, 3.05) is 7.11 Å². The second-order valence-electron chi connectivity index (χ2n) is 5.19. The molecular weight excluding hydrogens is 318 g/mol. The lowest BCUT2D eigenvalue weighted by molar-refractivity contribution is 0.412. The molecule has 0 bridgehead atoms. The largest absolute Gasteiger partial charge is 0.495 e. The van der Waals surface area contributed by atoms with Gasteiger partial charge in [0.2, 0.25) is 0 Å². The Hall–Kier alpha value is -2.71. The number of benzene rings is 2. The van der Waals surface area contributed by atoms with Gasteiger partial charge in [-0.3, -0.25) is 4.57 Å². The third-order valence-corrected chi connectivity index (χ3v) is 4.55. The molecule has 0 N–H and O–H groups in total. The fraction of sp³-hybridized carbons (Fsp3) is 0.158. The first-order chi connectivity index (χ1) is 11.7. The van der Waals surface area contributed by atoms with Crippen LogP contribution in [-0.4, -0.2) is 21.9 Å². The quantitative estimate of drug-likeness (QED) is 0.642. The van der Waals surface area contributed by atoms with Gasteiger partial charge in [0.15, 0.2) is 5.16 Å². The highest BCUT2D eigenvalue weighted by Gasteiger charge is 2.18. The molecule has 1 unspecified atom stereocenters. The number of nitrogens with zero attached hydrogens (tertiary/aromatic N) is 3. The number of ether oxygens (including phenoxy) is 1. The van der Waals surface area contributed by atoms with E-state index in [2.05, 4.69) is 11.1 Å². The van der Waals surface area contributed by atoms with E-state index in [0.29, 0.717) is 0 Å². The summed E-state index contributed by atoms with van der Waals surface area (Å²) in [7, 11) is 1.66. The molecule has 0 fully saturated rings. The van der Waals surface area contributed by atoms with E-state index in [1.165, 1.54) is 11.8 Å². The molecule has 0 saturated carbocycles. The summed E-state index contributed by atoms with van der Waals surface area (Å²) in [5, 5.41) is 9.73. The molecule has 1 atom stereocenters. The SMILES string of the molecule is COc1ccccc1-n1c(-c2ccccc2)cnc1SC(C)C#N. The molecule has 0 radical (unpaired) electrons. The van der Waals surface area contributed by atoms with Crippen molar-refractivity contribution >= 4 is 11.8 Å². The smallest absolute Gasteiger partial charge is 0.174 e. The average molecular weight is 335 g/mol. The second kappa shape index (κ2) is 7.24. The third kappa shape index (κ3) is 3.15. The molecule has 1 aromatic heterocycles. The van der Waals surface area contributed by atoms with Gasteiger partial charge in [0.25, 0.3) is 0 Å². The summed E-state index contributed by atoms with van der Waals surface area (Å²) in [4.78, 5) is 4.55. The molecule has 4 nitrogen and oxygen atoms in total. The Labute approximate surface area is 145 Å². The van der Waals surface area contributed by atoms with Crippen molar-refractivity contribution in [1.29, 1.82) is 5.26 Å². The van der Waals surface area contributed by atoms with Gasteiger partial charge in [-0.25, -0.2) is 4.98 Å². The summed E-state index contributed by atoms with van der Waals surface area (Å²) in [6.07, 6.45) is 1.84. The maximum atomic E-state index is 9.15. The van der Waals surface area contributed by atoms with Gasteiger partial charge in [0, 0.05) is 5.56 Å². The second-order valence-corrected chi connectivity index (χ2v) is 6.50. The van der Waals surface area contributed by atoms with Gasteiger partial charge in [-0.05, 0) is 19.1 Å². The number of para-hydroxylation sites is 2. The highest BCUT2D eigenvalue weighted by atomic mass is 32.2. The molecule has 0 saturated heterocycles. The van der Waals surface area contributed by atoms with E-state index in [0.717, 1.165) is 27.9 Å². The molecular formula is C19H17N3OS. The average Bonchev–Trinajstić information content (AvgIpc) is 3.05. The standard InChI is InChI=1S/C19H17N3OS/c1-14(12-20)24-19-21-13-17(15-8-4-3-5-9-15)22(19)16-10-6-7-11-18(16)23-2/h3-11,13-14H,1-2H3. The van der Waals surface area contributed by atoms with Crippen LogP contribution in [0.4, 0.5) is 0 Å². The number of nitriles is 1. The van der Waals surface area contributed by atoms with Crippen LogP contribution in [0.1, 0.15) is 6.92 Å². The molecule has 5 heteroatoms. The van der Waals surface area contributed by atoms with Crippen molar-refractivity contribution < 1.29 is 4.74 Å². The molecule has 0 aliphatic carbocycles. The van der Waals surface area contributed by atoms with Crippen LogP contribution >= 0.6 is 11.8 Å². The summed E-state index contributed by atoms with van der Waals surface area (Å²) in [6, 6.07) is 20.1. The minimum absolute atomic E-state index is 0.190. The summed E-state index contributed by atoms with van der Waals surface area (Å²) < 4.78 is 7.57. The lowest BCUT2D eigenvalue weighted by Crippen LogP contribution is -2.03. The Kier molecular flexibility index (Phi) is 4.88. The number of thioether (sulfide) groups is 1. The number of methoxy groups -OCH3 is 1. The van der Waals surface area contributed by atoms with Gasteiger partial charge in [-0.2, -0.15) is 5.26 Å². The monoisotopic (exact) mass is 335 g/mol. The van der Waals surface area contributed by atoms with Crippen molar-refractivity contribution in [2.24, 2.45) is 0 Å². The van der Waals surface area contributed by atoms with Gasteiger partial charge in [-0.15, -0.1) is 0 Å². The van der Waals surface area contributed by atoms with Crippen LogP contribution in [0.15, 0.2) is 66.0 Å². The van der Waals surface area contributed by atoms with Gasteiger partial charge in [0.05, 0.1) is 36.0 Å². The number of hydrogen-bond donors (Lipinski definition) is 0. The van der Waals surface area contributed by atoms with E-state index in [1.807, 2.05) is 72.3 Å². The van der Waals surface area contributed by atoms with E-state index in [4.69, 9.17) is 10.00 Å². The molecule has 0 aliphatic heterocycles. The summed E-state index contributed by atoms with van der Waals surface area (Å²) in [6.45, 7) is 1.87. The van der Waals surface area contributed by atoms with E-state index in [9.17, 15) is 0 Å². The predicted molar refractivity (Wildman–Crippen MR) is 96.5 cm³/mol. The normalized spacial score (nSPS) is 11.7. The van der Waals surface area contributed by atoms with Crippen LogP contribution in [0.25, 0.3) is 16.9 Å². The fourth-order valence-electron chi connectivity index (χ4n) is 2.46. The first kappa shape index (κ1) is 16.2. The Morgan fingerprint density at radius 1 is 1.12 bits per heavy atom. The molecule has 3 aromatic rings. The van der Waals surface area contributed by atoms with Crippen LogP contribution in [-0.2, 0) is 0 Å². The van der Waals surface area contributed by atoms with Gasteiger partial charge >= 0.3 is 0 Å². The van der Waals surface area contributed by atoms with Crippen LogP contribution in [0.3, 0.4) is 0 Å². The Bertz CT molecular complexity index is 868. The molecule has 0 aliphatic rings. The van der Waals surface area contributed by atoms with Crippen molar-refractivity contribution in [3.8, 4) is 28.8 Å². The van der Waals surface area contributed by atoms with E-state index >= 15 is 0 Å². The molecule has 120 valence electrons. The molecule has 0 spiro atoms. The van der Waals surface area contributed by atoms with E-state index < -0.39 is 0 Å². The van der Waals surface area contributed by atoms with E-state index in [1.54, 1.807) is 7.11 Å². The number of aromatic nitrogens is 2. The molecule has 0 amide bonds. The molecule has 24 heavy (non-hydrogen) atoms. The topological polar surface area (TPSA) is 50.8 Å². The Balaban J connectivity index is 2.20. The zero-order chi connectivity index (χ0) is 16.9. The van der Waals surface area contributed by atoms with Crippen LogP contribution in [0.5, 0.6) is 5.75 Å². The zero-order valence-corrected chi connectivity index (χ0v) is 14.3. The van der Waals surface area contributed by atoms with Gasteiger partial charge in [0.1, 0.15) is 5.75 Å². The van der Waals surface area contributed by atoms with Gasteiger partial charge in [-0.1, -0.05) is 54.2 Å². The van der Waals surface area contributed by atoms with Gasteiger partial charge < -0.3 is 4.74 Å². The van der Waals surface area contributed by atoms with Crippen molar-refractivity contribution in [2.45, 2.75) is 17.3 Å². The minimum atomic E-state index is -0.190. The Morgan fingerprint density at radius 2 is 1.83 bits per heavy atom. The van der Waals surface area contributed by atoms with Crippen LogP contribution in [0.2, 0.25) is 0 Å². The van der Waals surface area contributed by atoms with Crippen LogP contribution in [0, 0.1) is 11.3 Å². The molecule has 1 heterocycles. The summed E-state index contributed by atoms with van der Waals surface area (Å²) in [5.41, 5.74) is 2.93. The number of hydrogen-bond acceptors (Lipinski definition) is 4. The highest BCUT2D eigenvalue weighted by molar-refractivity contribution is 8.00. The maximum absolute atomic E-state index is 9.15. The summed E-state index contributed by atoms with van der Waals surface area (Å²) in [5.74, 6) is 0.763. The zero-order valence-electron chi connectivity index (χ0n) is 13.5. The first-order valence-electron chi connectivity index (χ1n) is 7.57. The number of rotatable bonds is 5. The molecule has 3 rings (SSSR count). The molecule has 2 aromatic carbocycles. The maximum Gasteiger partial charge on any atom is 0.174 e. The van der Waals surface area contributed by atoms with Crippen LogP contribution < -0.4 is 4.74 Å². The third-order valence-electron chi connectivity index (χ3n) is 3.59. The van der Waals surface area contributed by atoms with E-state index in [-0.39, 0.29) is 5.25 Å². The van der Waals surface area contributed by atoms with Crippen molar-refractivity contribution in [3.63, 3.8) is 0 Å². The fourth-order valence-corrected chi connectivity index (χ4v) is 3.25. The Morgan fingerprint density at radius 3 is 2.54 bits per heavy atom. The lowest BCUT2D eigenvalue weighted by Gasteiger charge is -2.15. The number of imidazole rings is 1. The minimum Gasteiger partial charge on any atom is -0.495 e.